The van der Waals surface area contributed by atoms with Crippen LogP contribution in [-0.2, 0) is 6.42 Å². The van der Waals surface area contributed by atoms with Gasteiger partial charge in [0.2, 0.25) is 0 Å². The fourth-order valence-corrected chi connectivity index (χ4v) is 2.85. The van der Waals surface area contributed by atoms with Crippen molar-refractivity contribution in [3.8, 4) is 0 Å². The van der Waals surface area contributed by atoms with Crippen molar-refractivity contribution in [2.24, 2.45) is 11.8 Å². The van der Waals surface area contributed by atoms with E-state index in [1.54, 1.807) is 0 Å². The smallest absolute Gasteiger partial charge is 0.0795 e. The van der Waals surface area contributed by atoms with Crippen LogP contribution in [0.15, 0.2) is 18.2 Å². The number of benzene rings is 1. The van der Waals surface area contributed by atoms with Crippen LogP contribution in [0.25, 0.3) is 0 Å². The predicted octanol–water partition coefficient (Wildman–Crippen LogP) is 3.64. The first-order valence-corrected chi connectivity index (χ1v) is 6.36. The Morgan fingerprint density at radius 3 is 2.75 bits per heavy atom. The molecule has 0 radical (unpaired) electrons. The summed E-state index contributed by atoms with van der Waals surface area (Å²) in [6.45, 7) is 6.68. The summed E-state index contributed by atoms with van der Waals surface area (Å²) in [5.41, 5.74) is 3.89. The van der Waals surface area contributed by atoms with Crippen molar-refractivity contribution < 1.29 is 5.11 Å². The molecule has 0 aromatic heterocycles. The third-order valence-electron chi connectivity index (χ3n) is 4.04. The molecule has 0 aliphatic heterocycles. The molecule has 0 spiro atoms. The molecule has 0 fully saturated rings. The average Bonchev–Trinajstić information content (AvgIpc) is 2.40. The zero-order valence-electron chi connectivity index (χ0n) is 10.5. The topological polar surface area (TPSA) is 20.2 Å². The van der Waals surface area contributed by atoms with Crippen LogP contribution in [0.1, 0.15) is 49.5 Å². The van der Waals surface area contributed by atoms with E-state index in [1.807, 2.05) is 0 Å². The molecule has 1 aliphatic rings. The lowest BCUT2D eigenvalue weighted by Gasteiger charge is -2.20. The van der Waals surface area contributed by atoms with Gasteiger partial charge in [0.05, 0.1) is 6.10 Å². The summed E-state index contributed by atoms with van der Waals surface area (Å²) in [7, 11) is 0. The van der Waals surface area contributed by atoms with Gasteiger partial charge in [0, 0.05) is 0 Å². The Balaban J connectivity index is 2.32. The summed E-state index contributed by atoms with van der Waals surface area (Å²) >= 11 is 0. The first kappa shape index (κ1) is 11.7. The number of rotatable bonds is 1. The number of aliphatic hydroxyl groups is 1. The highest BCUT2D eigenvalue weighted by Gasteiger charge is 2.25. The van der Waals surface area contributed by atoms with Gasteiger partial charge in [0.15, 0.2) is 0 Å². The number of hydrogen-bond donors (Lipinski definition) is 1. The van der Waals surface area contributed by atoms with E-state index in [0.717, 1.165) is 12.8 Å². The van der Waals surface area contributed by atoms with Gasteiger partial charge in [0.1, 0.15) is 0 Å². The lowest BCUT2D eigenvalue weighted by atomic mass is 9.88. The monoisotopic (exact) mass is 218 g/mol. The Morgan fingerprint density at radius 1 is 1.31 bits per heavy atom. The van der Waals surface area contributed by atoms with Crippen molar-refractivity contribution in [1.29, 1.82) is 0 Å². The van der Waals surface area contributed by atoms with Gasteiger partial charge in [0.25, 0.3) is 0 Å². The predicted molar refractivity (Wildman–Crippen MR) is 67.4 cm³/mol. The number of hydrogen-bond acceptors (Lipinski definition) is 1. The molecule has 0 bridgehead atoms. The van der Waals surface area contributed by atoms with E-state index in [9.17, 15) is 5.11 Å². The van der Waals surface area contributed by atoms with Gasteiger partial charge in [-0.1, -0.05) is 32.0 Å². The Bertz CT molecular complexity index is 368. The van der Waals surface area contributed by atoms with E-state index in [2.05, 4.69) is 39.0 Å². The molecule has 1 nitrogen and oxygen atoms in total. The van der Waals surface area contributed by atoms with Crippen LogP contribution in [0.2, 0.25) is 0 Å². The third kappa shape index (κ3) is 2.15. The largest absolute Gasteiger partial charge is 0.388 e. The van der Waals surface area contributed by atoms with Crippen molar-refractivity contribution in [3.63, 3.8) is 0 Å². The Labute approximate surface area is 98.5 Å². The highest BCUT2D eigenvalue weighted by Crippen LogP contribution is 2.36. The maximum absolute atomic E-state index is 10.3. The Morgan fingerprint density at radius 2 is 2.06 bits per heavy atom. The average molecular weight is 218 g/mol. The second-order valence-corrected chi connectivity index (χ2v) is 5.44. The zero-order chi connectivity index (χ0) is 11.7. The molecular weight excluding hydrogens is 196 g/mol. The van der Waals surface area contributed by atoms with E-state index in [4.69, 9.17) is 0 Å². The van der Waals surface area contributed by atoms with E-state index >= 15 is 0 Å². The van der Waals surface area contributed by atoms with Crippen molar-refractivity contribution in [1.82, 2.24) is 0 Å². The van der Waals surface area contributed by atoms with Gasteiger partial charge >= 0.3 is 0 Å². The van der Waals surface area contributed by atoms with Crippen LogP contribution >= 0.6 is 0 Å². The molecule has 1 N–H and O–H groups in total. The van der Waals surface area contributed by atoms with Crippen LogP contribution in [0, 0.1) is 18.8 Å². The molecule has 1 aromatic carbocycles. The van der Waals surface area contributed by atoms with Crippen LogP contribution in [0.4, 0.5) is 0 Å². The summed E-state index contributed by atoms with van der Waals surface area (Å²) in [4.78, 5) is 0. The SMILES string of the molecule is Cc1cccc2c1CC[C@H](C(C)C)C[C@@H]2O. The number of aryl methyl sites for hydroxylation is 1. The lowest BCUT2D eigenvalue weighted by Crippen LogP contribution is -2.11. The van der Waals surface area contributed by atoms with Gasteiger partial charge in [-0.3, -0.25) is 0 Å². The minimum Gasteiger partial charge on any atom is -0.388 e. The zero-order valence-corrected chi connectivity index (χ0v) is 10.5. The molecule has 16 heavy (non-hydrogen) atoms. The fourth-order valence-electron chi connectivity index (χ4n) is 2.85. The quantitative estimate of drug-likeness (QED) is 0.714. The van der Waals surface area contributed by atoms with Gasteiger partial charge in [-0.15, -0.1) is 0 Å². The molecular formula is C15H22O. The summed E-state index contributed by atoms with van der Waals surface area (Å²) in [6, 6.07) is 6.31. The van der Waals surface area contributed by atoms with Crippen molar-refractivity contribution in [3.05, 3.63) is 34.9 Å². The minimum atomic E-state index is -0.259. The second-order valence-electron chi connectivity index (χ2n) is 5.44. The summed E-state index contributed by atoms with van der Waals surface area (Å²) in [5.74, 6) is 1.33. The Kier molecular flexibility index (Phi) is 3.34. The number of fused-ring (bicyclic) bond motifs is 1. The summed E-state index contributed by atoms with van der Waals surface area (Å²) in [5, 5.41) is 10.3. The molecule has 2 rings (SSSR count). The molecule has 0 saturated carbocycles. The molecule has 1 aliphatic carbocycles. The molecule has 1 aromatic rings. The van der Waals surface area contributed by atoms with Crippen molar-refractivity contribution in [2.45, 2.75) is 46.1 Å². The molecule has 2 atom stereocenters. The first-order valence-electron chi connectivity index (χ1n) is 6.36. The Hall–Kier alpha value is -0.820. The van der Waals surface area contributed by atoms with E-state index in [-0.39, 0.29) is 6.10 Å². The van der Waals surface area contributed by atoms with Gasteiger partial charge < -0.3 is 5.11 Å². The lowest BCUT2D eigenvalue weighted by molar-refractivity contribution is 0.132. The second kappa shape index (κ2) is 4.58. The van der Waals surface area contributed by atoms with Crippen LogP contribution in [0.5, 0.6) is 0 Å². The summed E-state index contributed by atoms with van der Waals surface area (Å²) in [6.07, 6.45) is 3.01. The number of aliphatic hydroxyl groups excluding tert-OH is 1. The maximum Gasteiger partial charge on any atom is 0.0795 e. The third-order valence-corrected chi connectivity index (χ3v) is 4.04. The fraction of sp³-hybridized carbons (Fsp3) is 0.600. The van der Waals surface area contributed by atoms with Gasteiger partial charge in [-0.05, 0) is 54.7 Å². The molecule has 1 heteroatoms. The van der Waals surface area contributed by atoms with E-state index in [1.165, 1.54) is 23.1 Å². The normalized spacial score (nSPS) is 25.3. The molecule has 0 amide bonds. The van der Waals surface area contributed by atoms with Gasteiger partial charge in [-0.2, -0.15) is 0 Å². The first-order chi connectivity index (χ1) is 7.59. The minimum absolute atomic E-state index is 0.259. The van der Waals surface area contributed by atoms with E-state index < -0.39 is 0 Å². The molecule has 88 valence electrons. The van der Waals surface area contributed by atoms with Crippen LogP contribution < -0.4 is 0 Å². The molecule has 0 saturated heterocycles. The maximum atomic E-state index is 10.3. The van der Waals surface area contributed by atoms with Crippen molar-refractivity contribution in [2.75, 3.05) is 0 Å². The highest BCUT2D eigenvalue weighted by atomic mass is 16.3. The highest BCUT2D eigenvalue weighted by molar-refractivity contribution is 5.36. The van der Waals surface area contributed by atoms with Gasteiger partial charge in [-0.25, -0.2) is 0 Å². The molecule has 0 unspecified atom stereocenters. The van der Waals surface area contributed by atoms with Crippen LogP contribution in [-0.4, -0.2) is 5.11 Å². The van der Waals surface area contributed by atoms with Crippen LogP contribution in [0.3, 0.4) is 0 Å². The van der Waals surface area contributed by atoms with E-state index in [0.29, 0.717) is 11.8 Å². The molecule has 0 heterocycles. The van der Waals surface area contributed by atoms with Crippen molar-refractivity contribution >= 4 is 0 Å². The standard InChI is InChI=1S/C15H22O/c1-10(2)12-7-8-13-11(3)5-4-6-14(13)15(16)9-12/h4-6,10,12,15-16H,7-9H2,1-3H3/t12-,15-/m0/s1. The summed E-state index contributed by atoms with van der Waals surface area (Å²) < 4.78 is 0.